The van der Waals surface area contributed by atoms with Crippen molar-refractivity contribution >= 4 is 5.97 Å². The molecule has 0 spiro atoms. The van der Waals surface area contributed by atoms with E-state index in [4.69, 9.17) is 4.42 Å². The number of hydrogen-bond acceptors (Lipinski definition) is 5. The van der Waals surface area contributed by atoms with Crippen LogP contribution in [-0.4, -0.2) is 38.3 Å². The normalized spacial score (nSPS) is 30.9. The molecule has 3 atom stereocenters. The molecule has 1 aromatic rings. The highest BCUT2D eigenvalue weighted by Gasteiger charge is 2.41. The van der Waals surface area contributed by atoms with E-state index in [0.717, 1.165) is 19.3 Å². The lowest BCUT2D eigenvalue weighted by atomic mass is 9.76. The van der Waals surface area contributed by atoms with E-state index in [1.54, 1.807) is 6.92 Å². The molecule has 1 aliphatic carbocycles. The summed E-state index contributed by atoms with van der Waals surface area (Å²) in [7, 11) is 0. The third-order valence-electron chi connectivity index (χ3n) is 4.68. The van der Waals surface area contributed by atoms with E-state index in [2.05, 4.69) is 15.1 Å². The highest BCUT2D eigenvalue weighted by atomic mass is 16.4. The van der Waals surface area contributed by atoms with Crippen LogP contribution in [0.1, 0.15) is 50.3 Å². The fourth-order valence-corrected chi connectivity index (χ4v) is 3.78. The van der Waals surface area contributed by atoms with Crippen LogP contribution in [0.4, 0.5) is 0 Å². The van der Waals surface area contributed by atoms with Crippen molar-refractivity contribution in [2.45, 2.75) is 64.1 Å². The van der Waals surface area contributed by atoms with Crippen molar-refractivity contribution in [3.8, 4) is 0 Å². The molecule has 3 unspecified atom stereocenters. The van der Waals surface area contributed by atoms with Crippen LogP contribution in [0.5, 0.6) is 0 Å². The molecule has 20 heavy (non-hydrogen) atoms. The van der Waals surface area contributed by atoms with Crippen LogP contribution in [0.3, 0.4) is 0 Å². The van der Waals surface area contributed by atoms with Crippen LogP contribution < -0.4 is 0 Å². The zero-order valence-corrected chi connectivity index (χ0v) is 11.8. The smallest absolute Gasteiger partial charge is 0.320 e. The maximum absolute atomic E-state index is 11.5. The first kappa shape index (κ1) is 13.5. The zero-order chi connectivity index (χ0) is 14.1. The molecule has 110 valence electrons. The van der Waals surface area contributed by atoms with Crippen LogP contribution >= 0.6 is 0 Å². The first-order valence-corrected chi connectivity index (χ1v) is 7.42. The number of rotatable bonds is 3. The summed E-state index contributed by atoms with van der Waals surface area (Å²) in [5, 5.41) is 17.3. The van der Waals surface area contributed by atoms with Crippen LogP contribution in [0.15, 0.2) is 4.42 Å². The first-order valence-electron chi connectivity index (χ1n) is 7.42. The van der Waals surface area contributed by atoms with Gasteiger partial charge in [-0.1, -0.05) is 12.8 Å². The van der Waals surface area contributed by atoms with E-state index >= 15 is 0 Å². The number of aliphatic carboxylic acids is 1. The lowest BCUT2D eigenvalue weighted by Crippen LogP contribution is -2.54. The minimum atomic E-state index is -0.731. The molecule has 6 heteroatoms. The Morgan fingerprint density at radius 1 is 1.30 bits per heavy atom. The van der Waals surface area contributed by atoms with Gasteiger partial charge in [0.05, 0.1) is 6.54 Å². The summed E-state index contributed by atoms with van der Waals surface area (Å²) in [6.07, 6.45) is 6.52. The monoisotopic (exact) mass is 279 g/mol. The summed E-state index contributed by atoms with van der Waals surface area (Å²) in [5.41, 5.74) is 0. The molecule has 2 fully saturated rings. The van der Waals surface area contributed by atoms with Gasteiger partial charge in [0.15, 0.2) is 0 Å². The van der Waals surface area contributed by atoms with Gasteiger partial charge in [-0.15, -0.1) is 10.2 Å². The number of nitrogens with zero attached hydrogens (tertiary/aromatic N) is 3. The average Bonchev–Trinajstić information content (AvgIpc) is 2.84. The van der Waals surface area contributed by atoms with Crippen molar-refractivity contribution in [3.05, 3.63) is 11.8 Å². The number of aromatic nitrogens is 2. The first-order chi connectivity index (χ1) is 9.65. The van der Waals surface area contributed by atoms with E-state index in [0.29, 0.717) is 30.3 Å². The molecule has 2 heterocycles. The molecule has 3 rings (SSSR count). The Morgan fingerprint density at radius 2 is 2.10 bits per heavy atom. The summed E-state index contributed by atoms with van der Waals surface area (Å²) >= 11 is 0. The Kier molecular flexibility index (Phi) is 3.74. The number of carboxylic acids is 1. The number of likely N-dealkylation sites (tertiary alicyclic amines) is 1. The Morgan fingerprint density at radius 3 is 2.80 bits per heavy atom. The number of piperidine rings is 1. The largest absolute Gasteiger partial charge is 0.480 e. The molecule has 0 amide bonds. The van der Waals surface area contributed by atoms with E-state index in [-0.39, 0.29) is 0 Å². The van der Waals surface area contributed by atoms with E-state index in [9.17, 15) is 9.90 Å². The summed E-state index contributed by atoms with van der Waals surface area (Å²) < 4.78 is 5.44. The minimum absolute atomic E-state index is 0.353. The van der Waals surface area contributed by atoms with Crippen molar-refractivity contribution < 1.29 is 14.3 Å². The van der Waals surface area contributed by atoms with E-state index in [1.807, 2.05) is 0 Å². The van der Waals surface area contributed by atoms with Gasteiger partial charge >= 0.3 is 5.97 Å². The Balaban J connectivity index is 1.81. The molecule has 0 radical (unpaired) electrons. The maximum Gasteiger partial charge on any atom is 0.320 e. The molecule has 1 saturated heterocycles. The van der Waals surface area contributed by atoms with Gasteiger partial charge in [-0.25, -0.2) is 0 Å². The fourth-order valence-electron chi connectivity index (χ4n) is 3.78. The highest BCUT2D eigenvalue weighted by molar-refractivity contribution is 5.73. The van der Waals surface area contributed by atoms with Gasteiger partial charge < -0.3 is 9.52 Å². The van der Waals surface area contributed by atoms with Crippen molar-refractivity contribution in [2.75, 3.05) is 0 Å². The lowest BCUT2D eigenvalue weighted by Gasteiger charge is -2.46. The molecule has 0 bridgehead atoms. The third-order valence-corrected chi connectivity index (χ3v) is 4.68. The second-order valence-electron chi connectivity index (χ2n) is 5.93. The second kappa shape index (κ2) is 5.52. The van der Waals surface area contributed by atoms with E-state index < -0.39 is 12.0 Å². The topological polar surface area (TPSA) is 79.5 Å². The SMILES string of the molecule is Cc1nnc(CN2C(C(=O)O)CCC3CCCCC32)o1. The average molecular weight is 279 g/mol. The van der Waals surface area contributed by atoms with Crippen molar-refractivity contribution in [1.29, 1.82) is 0 Å². The summed E-state index contributed by atoms with van der Waals surface area (Å²) in [4.78, 5) is 13.6. The van der Waals surface area contributed by atoms with Gasteiger partial charge in [0, 0.05) is 13.0 Å². The fraction of sp³-hybridized carbons (Fsp3) is 0.786. The van der Waals surface area contributed by atoms with Crippen molar-refractivity contribution in [1.82, 2.24) is 15.1 Å². The lowest BCUT2D eigenvalue weighted by molar-refractivity contribution is -0.148. The Bertz CT molecular complexity index is 488. The quantitative estimate of drug-likeness (QED) is 0.911. The van der Waals surface area contributed by atoms with Gasteiger partial charge in [-0.2, -0.15) is 0 Å². The second-order valence-corrected chi connectivity index (χ2v) is 5.93. The molecule has 1 saturated carbocycles. The molecular weight excluding hydrogens is 258 g/mol. The number of aryl methyl sites for hydroxylation is 1. The maximum atomic E-state index is 11.5. The van der Waals surface area contributed by atoms with Crippen molar-refractivity contribution in [2.24, 2.45) is 5.92 Å². The predicted molar refractivity (Wildman–Crippen MR) is 71.0 cm³/mol. The standard InChI is InChI=1S/C14H21N3O3/c1-9-15-16-13(20-9)8-17-11-5-3-2-4-10(11)6-7-12(17)14(18)19/h10-12H,2-8H2,1H3,(H,18,19). The Hall–Kier alpha value is -1.43. The number of fused-ring (bicyclic) bond motifs is 1. The molecule has 2 aliphatic rings. The van der Waals surface area contributed by atoms with Gasteiger partial charge in [-0.3, -0.25) is 9.69 Å². The van der Waals surface area contributed by atoms with Crippen molar-refractivity contribution in [3.63, 3.8) is 0 Å². The summed E-state index contributed by atoms with van der Waals surface area (Å²) in [6, 6.07) is -0.0626. The van der Waals surface area contributed by atoms with E-state index in [1.165, 1.54) is 19.3 Å². The molecule has 1 N–H and O–H groups in total. The van der Waals surface area contributed by atoms with Gasteiger partial charge in [-0.05, 0) is 31.6 Å². The van der Waals surface area contributed by atoms with Gasteiger partial charge in [0.2, 0.25) is 11.8 Å². The Labute approximate surface area is 118 Å². The third kappa shape index (κ3) is 2.57. The molecule has 6 nitrogen and oxygen atoms in total. The van der Waals surface area contributed by atoms with Gasteiger partial charge in [0.25, 0.3) is 0 Å². The molecule has 0 aromatic carbocycles. The molecular formula is C14H21N3O3. The molecule has 1 aliphatic heterocycles. The number of carboxylic acid groups (broad SMARTS) is 1. The summed E-state index contributed by atoms with van der Waals surface area (Å²) in [5.74, 6) is 0.956. The van der Waals surface area contributed by atoms with Gasteiger partial charge in [0.1, 0.15) is 6.04 Å². The number of hydrogen-bond donors (Lipinski definition) is 1. The highest BCUT2D eigenvalue weighted by Crippen LogP contribution is 2.38. The molecule has 1 aromatic heterocycles. The van der Waals surface area contributed by atoms with Crippen LogP contribution in [0.2, 0.25) is 0 Å². The van der Waals surface area contributed by atoms with Crippen LogP contribution in [0, 0.1) is 12.8 Å². The van der Waals surface area contributed by atoms with Crippen LogP contribution in [-0.2, 0) is 11.3 Å². The summed E-state index contributed by atoms with van der Waals surface area (Å²) in [6.45, 7) is 2.21. The zero-order valence-electron chi connectivity index (χ0n) is 11.8. The van der Waals surface area contributed by atoms with Crippen LogP contribution in [0.25, 0.3) is 0 Å². The predicted octanol–water partition coefficient (Wildman–Crippen LogP) is 1.99. The number of carbonyl (C=O) groups is 1. The minimum Gasteiger partial charge on any atom is -0.480 e.